The van der Waals surface area contributed by atoms with Gasteiger partial charge in [0.2, 0.25) is 5.91 Å². The number of hydrogen-bond acceptors (Lipinski definition) is 4. The monoisotopic (exact) mass is 359 g/mol. The Balaban J connectivity index is 0.00000242. The fraction of sp³-hybridized carbons (Fsp3) is 0.400. The quantitative estimate of drug-likeness (QED) is 0.877. The van der Waals surface area contributed by atoms with Crippen molar-refractivity contribution in [1.82, 2.24) is 14.8 Å². The molecule has 128 valence electrons. The summed E-state index contributed by atoms with van der Waals surface area (Å²) in [6.07, 6.45) is 3.17. The molecule has 0 fully saturated rings. The fourth-order valence-corrected chi connectivity index (χ4v) is 1.81. The van der Waals surface area contributed by atoms with Crippen molar-refractivity contribution in [2.75, 3.05) is 5.32 Å². The van der Waals surface area contributed by atoms with Gasteiger partial charge in [0.25, 0.3) is 0 Å². The van der Waals surface area contributed by atoms with Crippen molar-refractivity contribution >= 4 is 36.4 Å². The molecule has 2 rings (SSSR count). The minimum Gasteiger partial charge on any atom is -0.325 e. The smallest absolute Gasteiger partial charge is 0.241 e. The average molecular weight is 360 g/mol. The highest BCUT2D eigenvalue weighted by Crippen LogP contribution is 2.19. The van der Waals surface area contributed by atoms with Crippen molar-refractivity contribution in [1.29, 1.82) is 0 Å². The van der Waals surface area contributed by atoms with Gasteiger partial charge in [0, 0.05) is 5.69 Å². The van der Waals surface area contributed by atoms with Crippen LogP contribution < -0.4 is 11.1 Å². The van der Waals surface area contributed by atoms with E-state index in [2.05, 4.69) is 15.4 Å². The number of nitrogens with two attached hydrogens (primary N) is 1. The highest BCUT2D eigenvalue weighted by Gasteiger charge is 2.27. The molecule has 23 heavy (non-hydrogen) atoms. The van der Waals surface area contributed by atoms with Gasteiger partial charge in [-0.15, -0.1) is 24.8 Å². The summed E-state index contributed by atoms with van der Waals surface area (Å²) in [5.74, 6) is -0.175. The van der Waals surface area contributed by atoms with Crippen LogP contribution in [0.15, 0.2) is 36.9 Å². The van der Waals surface area contributed by atoms with E-state index < -0.39 is 6.04 Å². The van der Waals surface area contributed by atoms with Gasteiger partial charge in [-0.05, 0) is 23.1 Å². The van der Waals surface area contributed by atoms with E-state index in [4.69, 9.17) is 5.73 Å². The van der Waals surface area contributed by atoms with E-state index in [1.807, 2.05) is 45.0 Å². The van der Waals surface area contributed by atoms with Gasteiger partial charge in [0.1, 0.15) is 12.7 Å². The van der Waals surface area contributed by atoms with Crippen LogP contribution in [0, 0.1) is 5.41 Å². The van der Waals surface area contributed by atoms with Crippen LogP contribution in [-0.4, -0.2) is 26.7 Å². The molecule has 1 aromatic heterocycles. The summed E-state index contributed by atoms with van der Waals surface area (Å²) in [6.45, 7) is 6.48. The van der Waals surface area contributed by atoms with E-state index in [0.29, 0.717) is 6.54 Å². The van der Waals surface area contributed by atoms with Crippen LogP contribution in [0.1, 0.15) is 26.3 Å². The summed E-state index contributed by atoms with van der Waals surface area (Å²) in [4.78, 5) is 15.9. The lowest BCUT2D eigenvalue weighted by molar-refractivity contribution is -0.119. The number of anilines is 1. The average Bonchev–Trinajstić information content (AvgIpc) is 2.92. The van der Waals surface area contributed by atoms with Crippen LogP contribution >= 0.6 is 24.8 Å². The standard InChI is InChI=1S/C15H21N5O.2ClH/c1-15(2,3)13(16)14(21)19-12-6-4-11(5-7-12)8-20-10-17-9-18-20;;/h4-7,9-10,13H,8,16H2,1-3H3,(H,19,21);2*1H/t13-;;/m1../s1. The molecule has 2 aromatic rings. The predicted octanol–water partition coefficient (Wildman–Crippen LogP) is 2.48. The number of halogens is 2. The first-order valence-corrected chi connectivity index (χ1v) is 6.84. The lowest BCUT2D eigenvalue weighted by Gasteiger charge is -2.25. The van der Waals surface area contributed by atoms with Gasteiger partial charge in [-0.25, -0.2) is 9.67 Å². The zero-order valence-electron chi connectivity index (χ0n) is 13.4. The Hall–Kier alpha value is -1.63. The second-order valence-corrected chi connectivity index (χ2v) is 6.12. The molecule has 1 heterocycles. The van der Waals surface area contributed by atoms with Crippen molar-refractivity contribution in [3.05, 3.63) is 42.5 Å². The van der Waals surface area contributed by atoms with Crippen molar-refractivity contribution in [3.63, 3.8) is 0 Å². The lowest BCUT2D eigenvalue weighted by atomic mass is 9.87. The van der Waals surface area contributed by atoms with E-state index in [-0.39, 0.29) is 36.1 Å². The Bertz CT molecular complexity index is 593. The number of carbonyl (C=O) groups is 1. The van der Waals surface area contributed by atoms with Gasteiger partial charge in [0.15, 0.2) is 0 Å². The van der Waals surface area contributed by atoms with Crippen molar-refractivity contribution in [2.45, 2.75) is 33.4 Å². The molecule has 0 saturated heterocycles. The van der Waals surface area contributed by atoms with Crippen molar-refractivity contribution in [3.8, 4) is 0 Å². The molecule has 8 heteroatoms. The second-order valence-electron chi connectivity index (χ2n) is 6.12. The number of nitrogens with one attached hydrogen (secondary N) is 1. The minimum absolute atomic E-state index is 0. The maximum absolute atomic E-state index is 12.0. The van der Waals surface area contributed by atoms with E-state index >= 15 is 0 Å². The number of nitrogens with zero attached hydrogens (tertiary/aromatic N) is 3. The van der Waals surface area contributed by atoms with E-state index in [0.717, 1.165) is 11.3 Å². The summed E-state index contributed by atoms with van der Waals surface area (Å²) < 4.78 is 1.74. The van der Waals surface area contributed by atoms with Gasteiger partial charge in [0.05, 0.1) is 12.6 Å². The van der Waals surface area contributed by atoms with Crippen LogP contribution in [0.2, 0.25) is 0 Å². The van der Waals surface area contributed by atoms with Crippen molar-refractivity contribution in [2.24, 2.45) is 11.1 Å². The number of amides is 1. The summed E-state index contributed by atoms with van der Waals surface area (Å²) in [5.41, 5.74) is 7.49. The maximum atomic E-state index is 12.0. The molecule has 0 radical (unpaired) electrons. The van der Waals surface area contributed by atoms with Gasteiger partial charge in [-0.2, -0.15) is 5.10 Å². The first-order valence-electron chi connectivity index (χ1n) is 6.84. The molecule has 0 unspecified atom stereocenters. The number of carbonyl (C=O) groups excluding carboxylic acids is 1. The Kier molecular flexibility index (Phi) is 8.23. The van der Waals surface area contributed by atoms with Gasteiger partial charge >= 0.3 is 0 Å². The van der Waals surface area contributed by atoms with Crippen LogP contribution in [0.5, 0.6) is 0 Å². The molecule has 3 N–H and O–H groups in total. The molecule has 6 nitrogen and oxygen atoms in total. The molecule has 0 aliphatic rings. The number of aromatic nitrogens is 3. The molecule has 0 aliphatic carbocycles. The Morgan fingerprint density at radius 3 is 2.35 bits per heavy atom. The predicted molar refractivity (Wildman–Crippen MR) is 96.1 cm³/mol. The maximum Gasteiger partial charge on any atom is 0.241 e. The first kappa shape index (κ1) is 21.4. The van der Waals surface area contributed by atoms with Crippen LogP contribution in [-0.2, 0) is 11.3 Å². The highest BCUT2D eigenvalue weighted by molar-refractivity contribution is 5.95. The summed E-state index contributed by atoms with van der Waals surface area (Å²) in [6, 6.07) is 7.06. The third-order valence-electron chi connectivity index (χ3n) is 3.25. The largest absolute Gasteiger partial charge is 0.325 e. The number of benzene rings is 1. The third-order valence-corrected chi connectivity index (χ3v) is 3.25. The topological polar surface area (TPSA) is 85.8 Å². The summed E-state index contributed by atoms with van der Waals surface area (Å²) in [5, 5.41) is 6.89. The molecule has 1 atom stereocenters. The van der Waals surface area contributed by atoms with Gasteiger partial charge < -0.3 is 11.1 Å². The van der Waals surface area contributed by atoms with Crippen LogP contribution in [0.3, 0.4) is 0 Å². The normalized spacial score (nSPS) is 11.8. The lowest BCUT2D eigenvalue weighted by Crippen LogP contribution is -2.45. The van der Waals surface area contributed by atoms with E-state index in [9.17, 15) is 4.79 Å². The molecule has 0 aliphatic heterocycles. The third kappa shape index (κ3) is 6.17. The zero-order chi connectivity index (χ0) is 15.5. The summed E-state index contributed by atoms with van der Waals surface area (Å²) >= 11 is 0. The minimum atomic E-state index is -0.549. The first-order chi connectivity index (χ1) is 9.86. The van der Waals surface area contributed by atoms with E-state index in [1.54, 1.807) is 11.0 Å². The molecule has 0 saturated carbocycles. The molecular weight excluding hydrogens is 337 g/mol. The highest BCUT2D eigenvalue weighted by atomic mass is 35.5. The van der Waals surface area contributed by atoms with Gasteiger partial charge in [-0.1, -0.05) is 32.9 Å². The molecule has 0 bridgehead atoms. The van der Waals surface area contributed by atoms with E-state index in [1.165, 1.54) is 6.33 Å². The molecule has 1 aromatic carbocycles. The summed E-state index contributed by atoms with van der Waals surface area (Å²) in [7, 11) is 0. The Morgan fingerprint density at radius 2 is 1.87 bits per heavy atom. The van der Waals surface area contributed by atoms with Crippen LogP contribution in [0.25, 0.3) is 0 Å². The molecular formula is C15H23Cl2N5O. The van der Waals surface area contributed by atoms with Crippen molar-refractivity contribution < 1.29 is 4.79 Å². The molecule has 1 amide bonds. The Labute approximate surface area is 148 Å². The van der Waals surface area contributed by atoms with Crippen LogP contribution in [0.4, 0.5) is 5.69 Å². The van der Waals surface area contributed by atoms with Gasteiger partial charge in [-0.3, -0.25) is 4.79 Å². The fourth-order valence-electron chi connectivity index (χ4n) is 1.81. The zero-order valence-corrected chi connectivity index (χ0v) is 15.0. The number of hydrogen-bond donors (Lipinski definition) is 2. The molecule has 0 spiro atoms. The number of rotatable bonds is 4. The second kappa shape index (κ2) is 8.86. The Morgan fingerprint density at radius 1 is 1.26 bits per heavy atom. The SMILES string of the molecule is CC(C)(C)[C@H](N)C(=O)Nc1ccc(Cn2cncn2)cc1.Cl.Cl.